The van der Waals surface area contributed by atoms with Gasteiger partial charge in [0.2, 0.25) is 53.5 Å². The van der Waals surface area contributed by atoms with E-state index in [0.717, 1.165) is 36.4 Å². The monoisotopic (exact) mass is 1840 g/mol. The van der Waals surface area contributed by atoms with Crippen molar-refractivity contribution >= 4 is 177 Å². The summed E-state index contributed by atoms with van der Waals surface area (Å²) in [5, 5.41) is 110. The Morgan fingerprint density at radius 1 is 0.331 bits per heavy atom. The maximum absolute atomic E-state index is 13.1. The minimum absolute atomic E-state index is 0. The third-order valence-corrected chi connectivity index (χ3v) is 20.0. The van der Waals surface area contributed by atoms with E-state index in [2.05, 4.69) is 91.2 Å². The summed E-state index contributed by atoms with van der Waals surface area (Å²) in [7, 11) is -20.2. The Kier molecular flexibility index (Phi) is 47.0. The first-order valence-corrected chi connectivity index (χ1v) is 40.8. The van der Waals surface area contributed by atoms with Gasteiger partial charge in [-0.05, 0) is 161 Å². The summed E-state index contributed by atoms with van der Waals surface area (Å²) in [5.74, 6) is -1.58. The van der Waals surface area contributed by atoms with Gasteiger partial charge in [0.15, 0.2) is 0 Å². The molecule has 12 N–H and O–H groups in total. The van der Waals surface area contributed by atoms with Crippen molar-refractivity contribution < 1.29 is 289 Å². The number of benzene rings is 6. The Labute approximate surface area is 836 Å². The fraction of sp³-hybridized carbons (Fsp3) is 0.269. The van der Waals surface area contributed by atoms with Gasteiger partial charge in [-0.3, -0.25) is 10.1 Å². The van der Waals surface area contributed by atoms with Crippen LogP contribution in [-0.2, 0) is 59.2 Å². The van der Waals surface area contributed by atoms with Gasteiger partial charge in [-0.2, -0.15) is 53.5 Å². The van der Waals surface area contributed by atoms with E-state index in [4.69, 9.17) is 4.33 Å². The first-order chi connectivity index (χ1) is 54.2. The number of anilines is 15. The van der Waals surface area contributed by atoms with Crippen LogP contribution in [0.25, 0.3) is 24.3 Å². The molecular weight excluding hydrogens is 1770 g/mol. The zero-order valence-corrected chi connectivity index (χ0v) is 83.8. The maximum atomic E-state index is 13.1. The molecular formula is C67H72N18Na6O24S6. The largest absolute Gasteiger partial charge is 1.00 e. The Morgan fingerprint density at radius 2 is 0.545 bits per heavy atom. The smallest absolute Gasteiger partial charge is 0.744 e. The number of hydrogen-bond acceptors (Lipinski definition) is 44. The molecule has 0 aliphatic carbocycles. The van der Waals surface area contributed by atoms with E-state index in [0.29, 0.717) is 24.1 Å². The molecule has 0 amide bonds. The van der Waals surface area contributed by atoms with Crippen molar-refractivity contribution in [3.05, 3.63) is 144 Å². The first kappa shape index (κ1) is 111. The van der Waals surface area contributed by atoms with Crippen LogP contribution in [-0.4, -0.2) is 203 Å². The van der Waals surface area contributed by atoms with Gasteiger partial charge in [0.05, 0.1) is 80.3 Å². The van der Waals surface area contributed by atoms with E-state index >= 15 is 0 Å². The van der Waals surface area contributed by atoms with Crippen LogP contribution in [0.4, 0.5) is 87.7 Å². The predicted octanol–water partition coefficient (Wildman–Crippen LogP) is -14.2. The van der Waals surface area contributed by atoms with Gasteiger partial charge in [-0.15, -0.1) is 0 Å². The summed E-state index contributed by atoms with van der Waals surface area (Å²) in [6.45, 7) is 8.24. The average molecular weight is 1840 g/mol. The van der Waals surface area contributed by atoms with Crippen LogP contribution < -0.4 is 234 Å². The summed E-state index contributed by atoms with van der Waals surface area (Å²) in [5.41, 5.74) is 0.868. The summed E-state index contributed by atoms with van der Waals surface area (Å²) in [6, 6.07) is 25.3. The summed E-state index contributed by atoms with van der Waals surface area (Å²) >= 11 is 0.821. The second kappa shape index (κ2) is 51.2. The van der Waals surface area contributed by atoms with Crippen LogP contribution in [0.15, 0.2) is 151 Å². The van der Waals surface area contributed by atoms with Crippen LogP contribution in [0.3, 0.4) is 0 Å². The third kappa shape index (κ3) is 35.5. The molecule has 0 radical (unpaired) electrons. The molecule has 0 spiro atoms. The molecule has 54 heteroatoms. The molecule has 0 saturated heterocycles. The van der Waals surface area contributed by atoms with Crippen molar-refractivity contribution in [3.8, 4) is 0 Å². The molecule has 0 aliphatic rings. The molecule has 42 nitrogen and oxygen atoms in total. The van der Waals surface area contributed by atoms with Crippen LogP contribution in [0.5, 0.6) is 0 Å². The average Bonchev–Trinajstić information content (AvgIpc) is 0.819. The predicted molar refractivity (Wildman–Crippen MR) is 410 cm³/mol. The number of nitrogens with zero attached hydrogens (tertiary/aromatic N) is 12. The summed E-state index contributed by atoms with van der Waals surface area (Å²) in [4.78, 5) is 42.0. The molecule has 6 atom stereocenters. The van der Waals surface area contributed by atoms with Gasteiger partial charge >= 0.3 is 177 Å². The molecule has 3 heterocycles. The van der Waals surface area contributed by atoms with Gasteiger partial charge in [0.25, 0.3) is 0 Å². The number of nitrogens with one attached hydrogen (secondary N) is 6. The van der Waals surface area contributed by atoms with Gasteiger partial charge in [-0.25, -0.2) is 33.7 Å². The minimum atomic E-state index is -5.34. The van der Waals surface area contributed by atoms with E-state index < -0.39 is 96.7 Å². The molecule has 6 unspecified atom stereocenters. The molecule has 0 aliphatic heterocycles. The quantitative estimate of drug-likeness (QED) is 0.00423. The van der Waals surface area contributed by atoms with Crippen LogP contribution in [0.2, 0.25) is 0 Å². The van der Waals surface area contributed by atoms with Crippen LogP contribution in [0.1, 0.15) is 63.8 Å². The molecule has 6 aromatic carbocycles. The molecule has 3 aromatic heterocycles. The molecule has 0 saturated carbocycles. The summed E-state index contributed by atoms with van der Waals surface area (Å²) < 4.78 is 157. The first-order valence-electron chi connectivity index (χ1n) is 33.7. The van der Waals surface area contributed by atoms with E-state index in [1.54, 1.807) is 0 Å². The molecule has 0 fully saturated rings. The van der Waals surface area contributed by atoms with Gasteiger partial charge < -0.3 is 106 Å². The third-order valence-electron chi connectivity index (χ3n) is 15.2. The second-order valence-electron chi connectivity index (χ2n) is 25.4. The van der Waals surface area contributed by atoms with Crippen molar-refractivity contribution in [2.45, 2.75) is 108 Å². The van der Waals surface area contributed by atoms with E-state index in [-0.39, 0.29) is 336 Å². The normalized spacial score (nSPS) is 13.0. The standard InChI is InChI=1S/C67H78N18O24S6.6Na/c1-37(86)31-83(32-38(2)87)65-77-59(68-47-19-23-53(24-20-47)112(94,95)96)74-61(79-65)70-49-15-11-43(55(27-49)110-108-106-92)7-10-46-14-18-52(30-58(46)115(103,104)105)73-64-76-62(80-67(82-64)85(35-41(5)90)36-42(6)91)71-50-16-12-44(56(28-50)111-109-107-93)8-9-45-13-17-51(29-57(45)114(100,101)102)72-63-75-60(69-48-21-25-54(26-22-48)113(97,98)99)78-66(81-63)84(33-39(3)88)34-40(4)89;;;;;;/h7-30,37-42,86-93H,31-36H2,1-6H3,(H,94,95,96)(H,97,98,99)(H,100,101,102)(H,103,104,105)(H2,68,70,74,77,79)(H2,69,72,75,78,81)(H2,71,73,76,80,82);;;;;;/q;6*+1/p-6/b9-8+,10-7+;;;;;;. The number of rotatable bonds is 41. The van der Waals surface area contributed by atoms with Crippen LogP contribution in [0, 0.1) is 0 Å². The molecule has 616 valence electrons. The van der Waals surface area contributed by atoms with Crippen molar-refractivity contribution in [1.82, 2.24) is 44.9 Å². The topological polar surface area (TPSA) is 631 Å². The van der Waals surface area contributed by atoms with Gasteiger partial charge in [0, 0.05) is 83.2 Å². The van der Waals surface area contributed by atoms with Gasteiger partial charge in [0.1, 0.15) is 40.5 Å². The van der Waals surface area contributed by atoms with Crippen LogP contribution >= 0.6 is 24.1 Å². The fourth-order valence-corrected chi connectivity index (χ4v) is 14.1. The van der Waals surface area contributed by atoms with Gasteiger partial charge in [-0.1, -0.05) is 48.6 Å². The molecule has 121 heavy (non-hydrogen) atoms. The minimum Gasteiger partial charge on any atom is -0.744 e. The Morgan fingerprint density at radius 3 is 0.769 bits per heavy atom. The maximum Gasteiger partial charge on any atom is 1.00 e. The zero-order valence-electron chi connectivity index (χ0n) is 66.9. The Hall–Kier alpha value is -4.11. The number of hydrogen-bond donors (Lipinski definition) is 12. The second-order valence-corrected chi connectivity index (χ2v) is 32.3. The SMILES string of the molecule is CC(O)CN(CC(C)O)c1nc(Nc2ccc(S(=O)(=O)[O-])cc2)nc(Nc2ccc(/C=C/c3ccc(Nc4nc(Nc5ccc(/C=C/c6ccc(Nc7nc(Nc8ccc(S(=O)(=O)[O-])cc8)nc(N(CC(C)O)CC(C)O)n7)cc6S(=O)(=O)[O-])c(SOO[O-])c5)nc(N(CC(C)O)CC(C)O)n4)cc3S(=O)(=O)[O-])c(SOO[O-])c2)n1.[Na+].[Na+].[Na+].[Na+].[Na+].[Na+]. The fourth-order valence-electron chi connectivity index (χ4n) is 10.7. The Balaban J connectivity index is 0.00000630. The number of aromatic nitrogens is 9. The molecule has 0 bridgehead atoms. The van der Waals surface area contributed by atoms with E-state index in [9.17, 15) is 93.0 Å². The van der Waals surface area contributed by atoms with Crippen molar-refractivity contribution in [1.29, 1.82) is 0 Å². The molecule has 9 rings (SSSR count). The summed E-state index contributed by atoms with van der Waals surface area (Å²) in [6.07, 6.45) is -0.647. The van der Waals surface area contributed by atoms with Crippen molar-refractivity contribution in [2.75, 3.05) is 85.9 Å². The van der Waals surface area contributed by atoms with Crippen molar-refractivity contribution in [3.63, 3.8) is 0 Å². The number of aliphatic hydroxyl groups is 6. The van der Waals surface area contributed by atoms with E-state index in [1.165, 1.54) is 165 Å². The van der Waals surface area contributed by atoms with E-state index in [1.807, 2.05) is 0 Å². The zero-order chi connectivity index (χ0) is 83.7. The molecule has 9 aromatic rings. The number of aliphatic hydroxyl groups excluding tert-OH is 6. The van der Waals surface area contributed by atoms with Crippen molar-refractivity contribution in [2.24, 2.45) is 0 Å². The Bertz CT molecular complexity index is 5420.